The minimum absolute atomic E-state index is 0.150. The van der Waals surface area contributed by atoms with Crippen LogP contribution in [0.4, 0.5) is 5.69 Å². The first kappa shape index (κ1) is 18.0. The molecule has 26 heavy (non-hydrogen) atoms. The van der Waals surface area contributed by atoms with Crippen LogP contribution < -0.4 is 10.1 Å². The summed E-state index contributed by atoms with van der Waals surface area (Å²) in [6.07, 6.45) is 3.58. The van der Waals surface area contributed by atoms with E-state index in [1.165, 1.54) is 0 Å². The van der Waals surface area contributed by atoms with Crippen molar-refractivity contribution in [1.29, 1.82) is 0 Å². The Hall–Kier alpha value is -2.82. The molecule has 0 atom stereocenters. The molecule has 0 spiro atoms. The van der Waals surface area contributed by atoms with Crippen molar-refractivity contribution in [2.24, 2.45) is 5.92 Å². The molecule has 5 nitrogen and oxygen atoms in total. The lowest BCUT2D eigenvalue weighted by atomic mass is 10.2. The number of amides is 1. The lowest BCUT2D eigenvalue weighted by molar-refractivity contribution is 0.102. The average molecular weight is 351 g/mol. The number of nitrogens with zero attached hydrogens (tertiary/aromatic N) is 2. The molecule has 3 aromatic rings. The zero-order chi connectivity index (χ0) is 18.5. The zero-order valence-electron chi connectivity index (χ0n) is 15.5. The standard InChI is InChI=1S/C21H25N3O2/c1-4-7-18-20(24-13-6-5-8-19(24)23-18)21(25)22-16-9-11-17(12-10-16)26-14-15(2)3/h5-6,8-13,15H,4,7,14H2,1-3H3,(H,22,25). The predicted molar refractivity (Wildman–Crippen MR) is 104 cm³/mol. The van der Waals surface area contributed by atoms with Crippen molar-refractivity contribution in [3.63, 3.8) is 0 Å². The molecule has 0 fully saturated rings. The molecule has 0 aliphatic rings. The Morgan fingerprint density at radius 2 is 1.96 bits per heavy atom. The number of aromatic nitrogens is 2. The van der Waals surface area contributed by atoms with E-state index in [1.807, 2.05) is 53.1 Å². The molecule has 2 heterocycles. The fourth-order valence-corrected chi connectivity index (χ4v) is 2.78. The minimum Gasteiger partial charge on any atom is -0.493 e. The van der Waals surface area contributed by atoms with E-state index in [1.54, 1.807) is 0 Å². The third kappa shape index (κ3) is 4.04. The SMILES string of the molecule is CCCc1nc2ccccn2c1C(=O)Nc1ccc(OCC(C)C)cc1. The summed E-state index contributed by atoms with van der Waals surface area (Å²) in [5, 5.41) is 2.97. The van der Waals surface area contributed by atoms with Gasteiger partial charge in [0.2, 0.25) is 0 Å². The average Bonchev–Trinajstić information content (AvgIpc) is 2.99. The molecule has 0 bridgehead atoms. The highest BCUT2D eigenvalue weighted by Gasteiger charge is 2.18. The second-order valence-corrected chi connectivity index (χ2v) is 6.77. The van der Waals surface area contributed by atoms with Gasteiger partial charge in [0.1, 0.15) is 17.1 Å². The number of ether oxygens (including phenoxy) is 1. The summed E-state index contributed by atoms with van der Waals surface area (Å²) < 4.78 is 7.53. The molecule has 0 saturated carbocycles. The summed E-state index contributed by atoms with van der Waals surface area (Å²) in [7, 11) is 0. The number of fused-ring (bicyclic) bond motifs is 1. The van der Waals surface area contributed by atoms with E-state index < -0.39 is 0 Å². The smallest absolute Gasteiger partial charge is 0.274 e. The molecule has 5 heteroatoms. The molecule has 1 aromatic carbocycles. The summed E-state index contributed by atoms with van der Waals surface area (Å²) in [6.45, 7) is 6.98. The van der Waals surface area contributed by atoms with Gasteiger partial charge in [-0.05, 0) is 48.7 Å². The molecule has 0 aliphatic carbocycles. The van der Waals surface area contributed by atoms with E-state index in [2.05, 4.69) is 31.1 Å². The number of nitrogens with one attached hydrogen (secondary N) is 1. The highest BCUT2D eigenvalue weighted by Crippen LogP contribution is 2.19. The predicted octanol–water partition coefficient (Wildman–Crippen LogP) is 4.57. The van der Waals surface area contributed by atoms with Gasteiger partial charge in [-0.1, -0.05) is 33.3 Å². The second kappa shape index (κ2) is 8.04. The Morgan fingerprint density at radius 1 is 1.19 bits per heavy atom. The Morgan fingerprint density at radius 3 is 2.65 bits per heavy atom. The quantitative estimate of drug-likeness (QED) is 0.678. The summed E-state index contributed by atoms with van der Waals surface area (Å²) in [5.74, 6) is 1.13. The highest BCUT2D eigenvalue weighted by atomic mass is 16.5. The van der Waals surface area contributed by atoms with Crippen LogP contribution in [0.1, 0.15) is 43.4 Å². The fourth-order valence-electron chi connectivity index (χ4n) is 2.78. The van der Waals surface area contributed by atoms with Gasteiger partial charge in [0, 0.05) is 11.9 Å². The van der Waals surface area contributed by atoms with Crippen molar-refractivity contribution in [3.8, 4) is 5.75 Å². The van der Waals surface area contributed by atoms with Crippen molar-refractivity contribution in [1.82, 2.24) is 9.38 Å². The van der Waals surface area contributed by atoms with E-state index >= 15 is 0 Å². The van der Waals surface area contributed by atoms with Crippen molar-refractivity contribution in [2.45, 2.75) is 33.6 Å². The Labute approximate surface area is 154 Å². The third-order valence-electron chi connectivity index (χ3n) is 4.00. The van der Waals surface area contributed by atoms with Gasteiger partial charge < -0.3 is 10.1 Å². The van der Waals surface area contributed by atoms with Crippen molar-refractivity contribution in [3.05, 3.63) is 60.0 Å². The first-order valence-electron chi connectivity index (χ1n) is 9.08. The number of rotatable bonds is 7. The van der Waals surface area contributed by atoms with Crippen molar-refractivity contribution in [2.75, 3.05) is 11.9 Å². The molecule has 2 aromatic heterocycles. The number of anilines is 1. The van der Waals surface area contributed by atoms with Crippen LogP contribution in [0.15, 0.2) is 48.7 Å². The fraction of sp³-hybridized carbons (Fsp3) is 0.333. The molecule has 1 amide bonds. The minimum atomic E-state index is -0.150. The summed E-state index contributed by atoms with van der Waals surface area (Å²) in [5.41, 5.74) is 2.95. The maximum absolute atomic E-state index is 12.9. The van der Waals surface area contributed by atoms with Gasteiger partial charge >= 0.3 is 0 Å². The van der Waals surface area contributed by atoms with Gasteiger partial charge in [0.15, 0.2) is 0 Å². The maximum Gasteiger partial charge on any atom is 0.274 e. The first-order valence-corrected chi connectivity index (χ1v) is 9.08. The maximum atomic E-state index is 12.9. The van der Waals surface area contributed by atoms with E-state index in [0.717, 1.165) is 35.6 Å². The summed E-state index contributed by atoms with van der Waals surface area (Å²) >= 11 is 0. The van der Waals surface area contributed by atoms with Gasteiger partial charge in [-0.15, -0.1) is 0 Å². The number of carbonyl (C=O) groups is 1. The molecule has 0 unspecified atom stereocenters. The number of hydrogen-bond acceptors (Lipinski definition) is 3. The first-order chi connectivity index (χ1) is 12.6. The molecule has 0 radical (unpaired) electrons. The van der Waals surface area contributed by atoms with E-state index in [4.69, 9.17) is 4.74 Å². The van der Waals surface area contributed by atoms with Gasteiger partial charge in [0.25, 0.3) is 5.91 Å². The van der Waals surface area contributed by atoms with Crippen LogP contribution in [0.2, 0.25) is 0 Å². The van der Waals surface area contributed by atoms with Crippen LogP contribution in [0.25, 0.3) is 5.65 Å². The van der Waals surface area contributed by atoms with Crippen LogP contribution in [0, 0.1) is 5.92 Å². The zero-order valence-corrected chi connectivity index (χ0v) is 15.5. The molecular weight excluding hydrogens is 326 g/mol. The molecule has 3 rings (SSSR count). The molecule has 0 aliphatic heterocycles. The van der Waals surface area contributed by atoms with Crippen LogP contribution in [-0.2, 0) is 6.42 Å². The monoisotopic (exact) mass is 351 g/mol. The molecular formula is C21H25N3O2. The topological polar surface area (TPSA) is 55.6 Å². The van der Waals surface area contributed by atoms with Gasteiger partial charge in [-0.3, -0.25) is 9.20 Å². The van der Waals surface area contributed by atoms with E-state index in [0.29, 0.717) is 18.2 Å². The largest absolute Gasteiger partial charge is 0.493 e. The number of aryl methyl sites for hydroxylation is 1. The summed E-state index contributed by atoms with van der Waals surface area (Å²) in [6, 6.07) is 13.2. The number of benzene rings is 1. The van der Waals surface area contributed by atoms with Gasteiger partial charge in [0.05, 0.1) is 12.3 Å². The lowest BCUT2D eigenvalue weighted by Crippen LogP contribution is -2.16. The number of pyridine rings is 1. The second-order valence-electron chi connectivity index (χ2n) is 6.77. The Kier molecular flexibility index (Phi) is 5.56. The lowest BCUT2D eigenvalue weighted by Gasteiger charge is -2.10. The van der Waals surface area contributed by atoms with Crippen LogP contribution >= 0.6 is 0 Å². The Balaban J connectivity index is 1.79. The van der Waals surface area contributed by atoms with Crippen molar-refractivity contribution < 1.29 is 9.53 Å². The third-order valence-corrected chi connectivity index (χ3v) is 4.00. The van der Waals surface area contributed by atoms with E-state index in [-0.39, 0.29) is 5.91 Å². The number of imidazole rings is 1. The molecule has 0 saturated heterocycles. The number of hydrogen-bond donors (Lipinski definition) is 1. The van der Waals surface area contributed by atoms with Crippen molar-refractivity contribution >= 4 is 17.2 Å². The Bertz CT molecular complexity index is 882. The van der Waals surface area contributed by atoms with E-state index in [9.17, 15) is 4.79 Å². The number of carbonyl (C=O) groups excluding carboxylic acids is 1. The highest BCUT2D eigenvalue weighted by molar-refractivity contribution is 6.04. The van der Waals surface area contributed by atoms with Crippen LogP contribution in [0.3, 0.4) is 0 Å². The normalized spacial score (nSPS) is 11.1. The molecule has 1 N–H and O–H groups in total. The van der Waals surface area contributed by atoms with Gasteiger partial charge in [-0.25, -0.2) is 4.98 Å². The molecule has 136 valence electrons. The van der Waals surface area contributed by atoms with Gasteiger partial charge in [-0.2, -0.15) is 0 Å². The van der Waals surface area contributed by atoms with Crippen LogP contribution in [-0.4, -0.2) is 21.9 Å². The van der Waals surface area contributed by atoms with Crippen LogP contribution in [0.5, 0.6) is 5.75 Å². The summed E-state index contributed by atoms with van der Waals surface area (Å²) in [4.78, 5) is 17.5.